The van der Waals surface area contributed by atoms with E-state index in [4.69, 9.17) is 24.3 Å². The molecule has 3 fully saturated rings. The Hall–Kier alpha value is -0.940. The van der Waals surface area contributed by atoms with Gasteiger partial charge in [-0.05, 0) is 44.1 Å². The SMILES string of the molecule is Nc1c2c(nc3c1C14OP(=O)(OC1CC3)O4)CCCC2. The van der Waals surface area contributed by atoms with Crippen LogP contribution in [0.2, 0.25) is 0 Å². The molecule has 1 spiro atoms. The van der Waals surface area contributed by atoms with E-state index in [1.165, 1.54) is 0 Å². The number of anilines is 1. The highest BCUT2D eigenvalue weighted by Gasteiger charge is 2.74. The van der Waals surface area contributed by atoms with E-state index in [9.17, 15) is 4.57 Å². The summed E-state index contributed by atoms with van der Waals surface area (Å²) in [5, 5.41) is 0. The van der Waals surface area contributed by atoms with Crippen molar-refractivity contribution in [2.24, 2.45) is 0 Å². The fraction of sp³-hybridized carbons (Fsp3) is 0.615. The maximum absolute atomic E-state index is 11.9. The molecule has 4 heterocycles. The van der Waals surface area contributed by atoms with E-state index in [0.717, 1.165) is 54.6 Å². The smallest absolute Gasteiger partial charge is 0.398 e. The molecule has 5 aliphatic rings. The van der Waals surface area contributed by atoms with Crippen molar-refractivity contribution in [3.63, 3.8) is 0 Å². The second kappa shape index (κ2) is 3.45. The predicted molar refractivity (Wildman–Crippen MR) is 69.9 cm³/mol. The molecule has 2 aliphatic carbocycles. The van der Waals surface area contributed by atoms with Gasteiger partial charge in [0.2, 0.25) is 5.79 Å². The molecular weight excluding hydrogens is 279 g/mol. The third-order valence-electron chi connectivity index (χ3n) is 4.76. The van der Waals surface area contributed by atoms with E-state index < -0.39 is 13.6 Å². The molecule has 106 valence electrons. The van der Waals surface area contributed by atoms with Crippen molar-refractivity contribution < 1.29 is 18.1 Å². The van der Waals surface area contributed by atoms with Crippen molar-refractivity contribution >= 4 is 13.5 Å². The van der Waals surface area contributed by atoms with Crippen LogP contribution in [-0.2, 0) is 43.2 Å². The van der Waals surface area contributed by atoms with E-state index >= 15 is 0 Å². The number of pyridine rings is 1. The summed E-state index contributed by atoms with van der Waals surface area (Å²) < 4.78 is 28.4. The Morgan fingerprint density at radius 1 is 1.20 bits per heavy atom. The van der Waals surface area contributed by atoms with Crippen molar-refractivity contribution in [3.8, 4) is 0 Å². The van der Waals surface area contributed by atoms with E-state index in [1.807, 2.05) is 0 Å². The molecule has 0 aromatic carbocycles. The number of hydrogen-bond acceptors (Lipinski definition) is 6. The maximum atomic E-state index is 11.9. The van der Waals surface area contributed by atoms with Gasteiger partial charge in [-0.1, -0.05) is 0 Å². The number of nitrogens with zero attached hydrogens (tertiary/aromatic N) is 1. The Balaban J connectivity index is 1.75. The molecule has 6 nitrogen and oxygen atoms in total. The average molecular weight is 294 g/mol. The number of nitrogens with two attached hydrogens (primary N) is 1. The summed E-state index contributed by atoms with van der Waals surface area (Å²) >= 11 is 0. The predicted octanol–water partition coefficient (Wildman–Crippen LogP) is 2.20. The van der Waals surface area contributed by atoms with Gasteiger partial charge in [0.15, 0.2) is 0 Å². The molecule has 0 saturated carbocycles. The molecule has 20 heavy (non-hydrogen) atoms. The largest absolute Gasteiger partial charge is 0.481 e. The first kappa shape index (κ1) is 11.7. The molecule has 2 N–H and O–H groups in total. The number of fused-ring (bicyclic) bond motifs is 2. The maximum Gasteiger partial charge on any atom is 0.481 e. The van der Waals surface area contributed by atoms with Crippen molar-refractivity contribution in [3.05, 3.63) is 22.5 Å². The Morgan fingerprint density at radius 2 is 2.00 bits per heavy atom. The standard InChI is InChI=1S/C13H15N2O4P/c14-12-7-3-1-2-4-8(7)15-9-5-6-10-13(11(9)12)18-20(16,17-10)19-13/h10H,1-6H2,(H2,14,15). The zero-order valence-electron chi connectivity index (χ0n) is 10.9. The first-order valence-corrected chi connectivity index (χ1v) is 8.58. The summed E-state index contributed by atoms with van der Waals surface area (Å²) in [7, 11) is -3.30. The molecule has 2 bridgehead atoms. The lowest BCUT2D eigenvalue weighted by Gasteiger charge is -2.41. The number of rotatable bonds is 0. The number of aromatic nitrogens is 1. The molecule has 6 rings (SSSR count). The topological polar surface area (TPSA) is 83.7 Å². The van der Waals surface area contributed by atoms with Crippen LogP contribution in [0.3, 0.4) is 0 Å². The fourth-order valence-electron chi connectivity index (χ4n) is 3.89. The zero-order valence-corrected chi connectivity index (χ0v) is 11.8. The van der Waals surface area contributed by atoms with Crippen molar-refractivity contribution in [1.29, 1.82) is 0 Å². The summed E-state index contributed by atoms with van der Waals surface area (Å²) in [5.41, 5.74) is 11.0. The minimum absolute atomic E-state index is 0.313. The monoisotopic (exact) mass is 294 g/mol. The Bertz CT molecular complexity index is 679. The summed E-state index contributed by atoms with van der Waals surface area (Å²) in [6.45, 7) is 0. The molecule has 1 aromatic heterocycles. The van der Waals surface area contributed by atoms with Gasteiger partial charge < -0.3 is 5.73 Å². The van der Waals surface area contributed by atoms with Gasteiger partial charge in [0.1, 0.15) is 6.10 Å². The lowest BCUT2D eigenvalue weighted by atomic mass is 9.82. The molecule has 0 amide bonds. The van der Waals surface area contributed by atoms with E-state index in [1.54, 1.807) is 0 Å². The van der Waals surface area contributed by atoms with Gasteiger partial charge in [0.05, 0.1) is 11.3 Å². The molecule has 7 heteroatoms. The summed E-state index contributed by atoms with van der Waals surface area (Å²) in [5.74, 6) is -1.05. The lowest BCUT2D eigenvalue weighted by molar-refractivity contribution is -0.196. The fourth-order valence-corrected chi connectivity index (χ4v) is 5.62. The molecule has 3 aliphatic heterocycles. The van der Waals surface area contributed by atoms with Gasteiger partial charge in [0, 0.05) is 11.4 Å². The molecule has 1 aromatic rings. The molecular formula is C13H15N2O4P. The van der Waals surface area contributed by atoms with Crippen LogP contribution in [0.5, 0.6) is 0 Å². The van der Waals surface area contributed by atoms with Gasteiger partial charge in [-0.15, -0.1) is 0 Å². The average Bonchev–Trinajstić information content (AvgIpc) is 2.86. The van der Waals surface area contributed by atoms with Gasteiger partial charge in [-0.25, -0.2) is 13.6 Å². The summed E-state index contributed by atoms with van der Waals surface area (Å²) in [4.78, 5) is 4.78. The van der Waals surface area contributed by atoms with Gasteiger partial charge in [-0.3, -0.25) is 9.51 Å². The van der Waals surface area contributed by atoms with Crippen molar-refractivity contribution in [2.75, 3.05) is 5.73 Å². The van der Waals surface area contributed by atoms with Crippen LogP contribution in [0.4, 0.5) is 5.69 Å². The lowest BCUT2D eigenvalue weighted by Crippen LogP contribution is -2.46. The first-order chi connectivity index (χ1) is 9.61. The highest BCUT2D eigenvalue weighted by atomic mass is 31.2. The number of nitrogen functional groups attached to an aromatic ring is 1. The Labute approximate surface area is 116 Å². The van der Waals surface area contributed by atoms with Crippen LogP contribution >= 0.6 is 7.82 Å². The Morgan fingerprint density at radius 3 is 2.85 bits per heavy atom. The van der Waals surface area contributed by atoms with Gasteiger partial charge >= 0.3 is 7.82 Å². The second-order valence-corrected chi connectivity index (χ2v) is 7.38. The van der Waals surface area contributed by atoms with Gasteiger partial charge in [0.25, 0.3) is 0 Å². The summed E-state index contributed by atoms with van der Waals surface area (Å²) in [6, 6.07) is 0. The van der Waals surface area contributed by atoms with E-state index in [2.05, 4.69) is 0 Å². The first-order valence-electron chi connectivity index (χ1n) is 7.12. The van der Waals surface area contributed by atoms with Crippen LogP contribution in [0.25, 0.3) is 0 Å². The van der Waals surface area contributed by atoms with Crippen LogP contribution in [-0.4, -0.2) is 11.1 Å². The Kier molecular flexibility index (Phi) is 2.01. The molecule has 1 unspecified atom stereocenters. The van der Waals surface area contributed by atoms with Crippen LogP contribution in [0.15, 0.2) is 0 Å². The number of hydrogen-bond donors (Lipinski definition) is 1. The van der Waals surface area contributed by atoms with Crippen molar-refractivity contribution in [1.82, 2.24) is 4.98 Å². The minimum atomic E-state index is -3.30. The van der Waals surface area contributed by atoms with Crippen LogP contribution in [0, 0.1) is 0 Å². The van der Waals surface area contributed by atoms with Crippen LogP contribution < -0.4 is 5.73 Å². The van der Waals surface area contributed by atoms with Gasteiger partial charge in [-0.2, -0.15) is 0 Å². The van der Waals surface area contributed by atoms with Crippen molar-refractivity contribution in [2.45, 2.75) is 50.4 Å². The quantitative estimate of drug-likeness (QED) is 0.738. The van der Waals surface area contributed by atoms with E-state index in [-0.39, 0.29) is 6.10 Å². The molecule has 0 radical (unpaired) electrons. The van der Waals surface area contributed by atoms with E-state index in [0.29, 0.717) is 12.1 Å². The normalized spacial score (nSPS) is 40.5. The minimum Gasteiger partial charge on any atom is -0.398 e. The second-order valence-electron chi connectivity index (χ2n) is 5.91. The molecule has 1 atom stereocenters. The zero-order chi connectivity index (χ0) is 13.5. The molecule has 3 saturated heterocycles. The highest BCUT2D eigenvalue weighted by Crippen LogP contribution is 2.79. The third-order valence-corrected chi connectivity index (χ3v) is 6.26. The number of phosphoric acid groups is 1. The van der Waals surface area contributed by atoms with Crippen LogP contribution in [0.1, 0.15) is 41.8 Å². The number of phosphoric ester groups is 1. The number of aryl methyl sites for hydroxylation is 2. The highest BCUT2D eigenvalue weighted by molar-refractivity contribution is 7.50. The third kappa shape index (κ3) is 1.22. The summed E-state index contributed by atoms with van der Waals surface area (Å²) in [6.07, 6.45) is 5.39.